The molecule has 19 heavy (non-hydrogen) atoms. The topological polar surface area (TPSA) is 45.1 Å². The molecule has 0 radical (unpaired) electrons. The lowest BCUT2D eigenvalue weighted by atomic mass is 10.1. The number of aromatic nitrogens is 1. The van der Waals surface area contributed by atoms with Crippen LogP contribution in [0, 0.1) is 5.41 Å². The fraction of sp³-hybridized carbons (Fsp3) is 0.400. The van der Waals surface area contributed by atoms with Crippen molar-refractivity contribution in [2.24, 2.45) is 5.41 Å². The SMILES string of the molecule is OCC1(CNCc2nc(-c3ccccc3)cs2)CC1. The average Bonchev–Trinajstić information content (AvgIpc) is 3.09. The molecule has 100 valence electrons. The molecule has 0 spiro atoms. The molecule has 1 saturated carbocycles. The molecule has 1 aromatic carbocycles. The van der Waals surface area contributed by atoms with Gasteiger partial charge in [0, 0.05) is 36.1 Å². The van der Waals surface area contributed by atoms with E-state index >= 15 is 0 Å². The van der Waals surface area contributed by atoms with Crippen LogP contribution >= 0.6 is 11.3 Å². The van der Waals surface area contributed by atoms with Crippen LogP contribution in [0.2, 0.25) is 0 Å². The maximum atomic E-state index is 9.25. The van der Waals surface area contributed by atoms with E-state index in [1.54, 1.807) is 11.3 Å². The third-order valence-electron chi connectivity index (χ3n) is 3.69. The van der Waals surface area contributed by atoms with Crippen LogP contribution < -0.4 is 5.32 Å². The van der Waals surface area contributed by atoms with Crippen molar-refractivity contribution in [3.05, 3.63) is 40.7 Å². The Morgan fingerprint density at radius 3 is 2.74 bits per heavy atom. The molecule has 1 aliphatic rings. The molecule has 1 aliphatic carbocycles. The quantitative estimate of drug-likeness (QED) is 0.851. The summed E-state index contributed by atoms with van der Waals surface area (Å²) in [6, 6.07) is 10.2. The zero-order chi connectivity index (χ0) is 13.1. The number of rotatable bonds is 6. The van der Waals surface area contributed by atoms with Crippen molar-refractivity contribution in [1.82, 2.24) is 10.3 Å². The predicted octanol–water partition coefficient (Wildman–Crippen LogP) is 2.67. The zero-order valence-corrected chi connectivity index (χ0v) is 11.6. The van der Waals surface area contributed by atoms with E-state index in [1.807, 2.05) is 18.2 Å². The second kappa shape index (κ2) is 5.41. The van der Waals surface area contributed by atoms with Crippen molar-refractivity contribution in [3.8, 4) is 11.3 Å². The smallest absolute Gasteiger partial charge is 0.107 e. The first-order chi connectivity index (χ1) is 9.31. The maximum absolute atomic E-state index is 9.25. The molecule has 0 aliphatic heterocycles. The Balaban J connectivity index is 1.57. The highest BCUT2D eigenvalue weighted by molar-refractivity contribution is 7.09. The summed E-state index contributed by atoms with van der Waals surface area (Å²) in [7, 11) is 0. The number of benzene rings is 1. The summed E-state index contributed by atoms with van der Waals surface area (Å²) in [5.74, 6) is 0. The first kappa shape index (κ1) is 12.8. The lowest BCUT2D eigenvalue weighted by Crippen LogP contribution is -2.25. The first-order valence-electron chi connectivity index (χ1n) is 6.63. The predicted molar refractivity (Wildman–Crippen MR) is 78.0 cm³/mol. The van der Waals surface area contributed by atoms with Crippen molar-refractivity contribution in [2.45, 2.75) is 19.4 Å². The van der Waals surface area contributed by atoms with Gasteiger partial charge in [0.05, 0.1) is 5.69 Å². The summed E-state index contributed by atoms with van der Waals surface area (Å²) in [6.07, 6.45) is 2.28. The van der Waals surface area contributed by atoms with Crippen molar-refractivity contribution in [3.63, 3.8) is 0 Å². The highest BCUT2D eigenvalue weighted by Gasteiger charge is 2.41. The number of nitrogens with zero attached hydrogens (tertiary/aromatic N) is 1. The summed E-state index contributed by atoms with van der Waals surface area (Å²) in [5, 5.41) is 15.9. The van der Waals surface area contributed by atoms with E-state index in [-0.39, 0.29) is 5.41 Å². The van der Waals surface area contributed by atoms with Crippen molar-refractivity contribution in [2.75, 3.05) is 13.2 Å². The van der Waals surface area contributed by atoms with Crippen LogP contribution in [0.3, 0.4) is 0 Å². The summed E-state index contributed by atoms with van der Waals surface area (Å²) in [5.41, 5.74) is 2.38. The third kappa shape index (κ3) is 3.03. The Morgan fingerprint density at radius 1 is 1.26 bits per heavy atom. The number of thiazole rings is 1. The van der Waals surface area contributed by atoms with Gasteiger partial charge >= 0.3 is 0 Å². The van der Waals surface area contributed by atoms with Crippen LogP contribution in [0.1, 0.15) is 17.8 Å². The van der Waals surface area contributed by atoms with E-state index < -0.39 is 0 Å². The molecular formula is C15H18N2OS. The van der Waals surface area contributed by atoms with E-state index in [4.69, 9.17) is 0 Å². The molecule has 2 aromatic rings. The molecule has 0 amide bonds. The van der Waals surface area contributed by atoms with Crippen LogP contribution in [0.25, 0.3) is 11.3 Å². The fourth-order valence-electron chi connectivity index (χ4n) is 2.14. The van der Waals surface area contributed by atoms with Crippen LogP contribution in [0.4, 0.5) is 0 Å². The monoisotopic (exact) mass is 274 g/mol. The normalized spacial score (nSPS) is 16.5. The van der Waals surface area contributed by atoms with Gasteiger partial charge < -0.3 is 10.4 Å². The molecule has 0 saturated heterocycles. The molecule has 1 heterocycles. The van der Waals surface area contributed by atoms with Gasteiger partial charge in [-0.25, -0.2) is 4.98 Å². The number of hydrogen-bond acceptors (Lipinski definition) is 4. The molecule has 3 nitrogen and oxygen atoms in total. The summed E-state index contributed by atoms with van der Waals surface area (Å²) >= 11 is 1.69. The van der Waals surface area contributed by atoms with Crippen LogP contribution in [0.15, 0.2) is 35.7 Å². The number of hydrogen-bond donors (Lipinski definition) is 2. The minimum atomic E-state index is 0.166. The van der Waals surface area contributed by atoms with E-state index in [1.165, 1.54) is 5.56 Å². The van der Waals surface area contributed by atoms with E-state index in [2.05, 4.69) is 27.8 Å². The summed E-state index contributed by atoms with van der Waals surface area (Å²) in [6.45, 7) is 1.98. The minimum absolute atomic E-state index is 0.166. The molecule has 0 bridgehead atoms. The average molecular weight is 274 g/mol. The highest BCUT2D eigenvalue weighted by atomic mass is 32.1. The first-order valence-corrected chi connectivity index (χ1v) is 7.51. The Hall–Kier alpha value is -1.23. The molecule has 0 unspecified atom stereocenters. The lowest BCUT2D eigenvalue weighted by molar-refractivity contribution is 0.207. The van der Waals surface area contributed by atoms with E-state index in [0.29, 0.717) is 6.61 Å². The lowest BCUT2D eigenvalue weighted by Gasteiger charge is -2.11. The Morgan fingerprint density at radius 2 is 2.05 bits per heavy atom. The number of aliphatic hydroxyl groups is 1. The van der Waals surface area contributed by atoms with Crippen molar-refractivity contribution >= 4 is 11.3 Å². The molecular weight excluding hydrogens is 256 g/mol. The minimum Gasteiger partial charge on any atom is -0.396 e. The van der Waals surface area contributed by atoms with Crippen molar-refractivity contribution in [1.29, 1.82) is 0 Å². The largest absolute Gasteiger partial charge is 0.396 e. The summed E-state index contributed by atoms with van der Waals surface area (Å²) < 4.78 is 0. The fourth-order valence-corrected chi connectivity index (χ4v) is 2.91. The van der Waals surface area contributed by atoms with Crippen LogP contribution in [-0.4, -0.2) is 23.2 Å². The van der Waals surface area contributed by atoms with Gasteiger partial charge in [0.1, 0.15) is 5.01 Å². The van der Waals surface area contributed by atoms with Gasteiger partial charge in [0.2, 0.25) is 0 Å². The number of nitrogens with one attached hydrogen (secondary N) is 1. The Bertz CT molecular complexity index is 534. The molecule has 2 N–H and O–H groups in total. The van der Waals surface area contributed by atoms with Gasteiger partial charge in [0.15, 0.2) is 0 Å². The van der Waals surface area contributed by atoms with Gasteiger partial charge in [-0.05, 0) is 12.8 Å². The van der Waals surface area contributed by atoms with Crippen LogP contribution in [-0.2, 0) is 6.54 Å². The third-order valence-corrected chi connectivity index (χ3v) is 4.54. The number of aliphatic hydroxyl groups excluding tert-OH is 1. The zero-order valence-electron chi connectivity index (χ0n) is 10.8. The van der Waals surface area contributed by atoms with Gasteiger partial charge in [-0.2, -0.15) is 0 Å². The van der Waals surface area contributed by atoms with Crippen LogP contribution in [0.5, 0.6) is 0 Å². The Kier molecular flexibility index (Phi) is 3.64. The molecule has 0 atom stereocenters. The van der Waals surface area contributed by atoms with E-state index in [0.717, 1.165) is 36.6 Å². The maximum Gasteiger partial charge on any atom is 0.107 e. The highest BCUT2D eigenvalue weighted by Crippen LogP contribution is 2.44. The van der Waals surface area contributed by atoms with Gasteiger partial charge in [-0.15, -0.1) is 11.3 Å². The molecule has 1 fully saturated rings. The van der Waals surface area contributed by atoms with E-state index in [9.17, 15) is 5.11 Å². The van der Waals surface area contributed by atoms with Gasteiger partial charge in [-0.1, -0.05) is 30.3 Å². The molecule has 1 aromatic heterocycles. The second-order valence-corrected chi connectivity index (χ2v) is 6.20. The molecule has 3 rings (SSSR count). The van der Waals surface area contributed by atoms with Gasteiger partial charge in [0.25, 0.3) is 0 Å². The Labute approximate surface area is 117 Å². The van der Waals surface area contributed by atoms with Gasteiger partial charge in [-0.3, -0.25) is 0 Å². The van der Waals surface area contributed by atoms with Crippen molar-refractivity contribution < 1.29 is 5.11 Å². The molecule has 4 heteroatoms. The second-order valence-electron chi connectivity index (χ2n) is 5.25. The standard InChI is InChI=1S/C15H18N2OS/c18-11-15(6-7-15)10-16-8-14-17-13(9-19-14)12-4-2-1-3-5-12/h1-5,9,16,18H,6-8,10-11H2. The summed E-state index contributed by atoms with van der Waals surface area (Å²) in [4.78, 5) is 4.64.